The maximum atomic E-state index is 12.4. The number of pyridine rings is 2. The number of hydrogen-bond donors (Lipinski definition) is 0. The number of aromatic nitrogens is 2. The fourth-order valence-corrected chi connectivity index (χ4v) is 3.23. The van der Waals surface area contributed by atoms with Gasteiger partial charge >= 0.3 is 6.09 Å². The molecule has 0 saturated carbocycles. The first kappa shape index (κ1) is 21.1. The SMILES string of the molecule is CC(C)(C)OC(=O)N1CCC[C@@H]1COc1cnc(Cl)c(/C=C/c2ccncc2)c1. The molecule has 0 N–H and O–H groups in total. The molecule has 0 aromatic carbocycles. The number of halogens is 1. The molecule has 3 heterocycles. The Hall–Kier alpha value is -2.60. The normalized spacial score (nSPS) is 17.0. The summed E-state index contributed by atoms with van der Waals surface area (Å²) in [6.07, 6.45) is 10.4. The van der Waals surface area contributed by atoms with Gasteiger partial charge in [-0.1, -0.05) is 23.8 Å². The van der Waals surface area contributed by atoms with E-state index >= 15 is 0 Å². The van der Waals surface area contributed by atoms with Gasteiger partial charge in [-0.2, -0.15) is 0 Å². The highest BCUT2D eigenvalue weighted by Gasteiger charge is 2.32. The number of carbonyl (C=O) groups excluding carboxylic acids is 1. The molecule has 1 amide bonds. The number of rotatable bonds is 5. The zero-order valence-corrected chi connectivity index (χ0v) is 17.7. The third-order valence-electron chi connectivity index (χ3n) is 4.45. The van der Waals surface area contributed by atoms with E-state index in [4.69, 9.17) is 21.1 Å². The Morgan fingerprint density at radius 3 is 2.79 bits per heavy atom. The van der Waals surface area contributed by atoms with Gasteiger partial charge in [0.15, 0.2) is 0 Å². The average Bonchev–Trinajstić information content (AvgIpc) is 3.15. The van der Waals surface area contributed by atoms with Gasteiger partial charge in [-0.05, 0) is 57.4 Å². The average molecular weight is 416 g/mol. The second-order valence-corrected chi connectivity index (χ2v) is 8.30. The molecule has 0 spiro atoms. The predicted molar refractivity (Wildman–Crippen MR) is 114 cm³/mol. The van der Waals surface area contributed by atoms with E-state index < -0.39 is 5.60 Å². The highest BCUT2D eigenvalue weighted by atomic mass is 35.5. The van der Waals surface area contributed by atoms with Crippen molar-refractivity contribution in [2.45, 2.75) is 45.3 Å². The summed E-state index contributed by atoms with van der Waals surface area (Å²) in [6.45, 7) is 6.67. The Balaban J connectivity index is 1.63. The first-order valence-corrected chi connectivity index (χ1v) is 10.1. The summed E-state index contributed by atoms with van der Waals surface area (Å²) in [7, 11) is 0. The highest BCUT2D eigenvalue weighted by Crippen LogP contribution is 2.24. The topological polar surface area (TPSA) is 64.5 Å². The van der Waals surface area contributed by atoms with Crippen molar-refractivity contribution in [1.82, 2.24) is 14.9 Å². The second-order valence-electron chi connectivity index (χ2n) is 7.95. The lowest BCUT2D eigenvalue weighted by molar-refractivity contribution is 0.0187. The van der Waals surface area contributed by atoms with Crippen LogP contribution in [0.5, 0.6) is 5.75 Å². The Morgan fingerprint density at radius 1 is 1.31 bits per heavy atom. The van der Waals surface area contributed by atoms with Crippen LogP contribution in [0.4, 0.5) is 4.79 Å². The molecule has 6 nitrogen and oxygen atoms in total. The predicted octanol–water partition coefficient (Wildman–Crippen LogP) is 5.08. The molecule has 7 heteroatoms. The van der Waals surface area contributed by atoms with Crippen molar-refractivity contribution in [2.24, 2.45) is 0 Å². The van der Waals surface area contributed by atoms with Gasteiger partial charge < -0.3 is 14.4 Å². The molecular formula is C22H26ClN3O3. The zero-order valence-electron chi connectivity index (χ0n) is 17.0. The number of ether oxygens (including phenoxy) is 2. The van der Waals surface area contributed by atoms with Crippen LogP contribution in [0.3, 0.4) is 0 Å². The highest BCUT2D eigenvalue weighted by molar-refractivity contribution is 6.31. The van der Waals surface area contributed by atoms with Crippen molar-refractivity contribution >= 4 is 29.8 Å². The van der Waals surface area contributed by atoms with Crippen molar-refractivity contribution < 1.29 is 14.3 Å². The second kappa shape index (κ2) is 9.27. The van der Waals surface area contributed by atoms with Gasteiger partial charge in [-0.15, -0.1) is 0 Å². The smallest absolute Gasteiger partial charge is 0.410 e. The summed E-state index contributed by atoms with van der Waals surface area (Å²) in [5.41, 5.74) is 1.26. The number of nitrogens with zero attached hydrogens (tertiary/aromatic N) is 3. The van der Waals surface area contributed by atoms with Gasteiger partial charge in [-0.25, -0.2) is 9.78 Å². The molecule has 3 rings (SSSR count). The lowest BCUT2D eigenvalue weighted by Gasteiger charge is -2.28. The van der Waals surface area contributed by atoms with Crippen LogP contribution in [0.1, 0.15) is 44.7 Å². The molecular weight excluding hydrogens is 390 g/mol. The van der Waals surface area contributed by atoms with Gasteiger partial charge in [0.1, 0.15) is 23.1 Å². The fraction of sp³-hybridized carbons (Fsp3) is 0.409. The summed E-state index contributed by atoms with van der Waals surface area (Å²) in [4.78, 5) is 22.4. The lowest BCUT2D eigenvalue weighted by Crippen LogP contribution is -2.42. The van der Waals surface area contributed by atoms with Crippen LogP contribution in [-0.2, 0) is 4.74 Å². The van der Waals surface area contributed by atoms with Crippen LogP contribution in [0.2, 0.25) is 5.15 Å². The van der Waals surface area contributed by atoms with E-state index in [1.54, 1.807) is 23.5 Å². The van der Waals surface area contributed by atoms with E-state index in [9.17, 15) is 4.79 Å². The van der Waals surface area contributed by atoms with E-state index in [1.165, 1.54) is 0 Å². The number of hydrogen-bond acceptors (Lipinski definition) is 5. The van der Waals surface area contributed by atoms with Gasteiger partial charge in [-0.3, -0.25) is 4.98 Å². The third kappa shape index (κ3) is 6.19. The minimum Gasteiger partial charge on any atom is -0.490 e. The molecule has 154 valence electrons. The van der Waals surface area contributed by atoms with Crippen molar-refractivity contribution in [3.8, 4) is 5.75 Å². The van der Waals surface area contributed by atoms with Crippen LogP contribution >= 0.6 is 11.6 Å². The quantitative estimate of drug-likeness (QED) is 0.637. The number of likely N-dealkylation sites (tertiary alicyclic amines) is 1. The molecule has 0 radical (unpaired) electrons. The summed E-state index contributed by atoms with van der Waals surface area (Å²) in [5.74, 6) is 0.611. The molecule has 1 aliphatic heterocycles. The first-order chi connectivity index (χ1) is 13.8. The Morgan fingerprint density at radius 2 is 2.07 bits per heavy atom. The monoisotopic (exact) mass is 415 g/mol. The summed E-state index contributed by atoms with van der Waals surface area (Å²) in [6, 6.07) is 5.64. The molecule has 0 aliphatic carbocycles. The van der Waals surface area contributed by atoms with Crippen molar-refractivity contribution in [3.05, 3.63) is 53.1 Å². The van der Waals surface area contributed by atoms with Crippen LogP contribution < -0.4 is 4.74 Å². The van der Waals surface area contributed by atoms with E-state index in [2.05, 4.69) is 9.97 Å². The van der Waals surface area contributed by atoms with E-state index in [1.807, 2.05) is 51.1 Å². The number of amides is 1. The van der Waals surface area contributed by atoms with Crippen LogP contribution in [0, 0.1) is 0 Å². The van der Waals surface area contributed by atoms with Gasteiger partial charge in [0.2, 0.25) is 0 Å². The minimum atomic E-state index is -0.513. The third-order valence-corrected chi connectivity index (χ3v) is 4.77. The van der Waals surface area contributed by atoms with E-state index in [0.29, 0.717) is 24.1 Å². The van der Waals surface area contributed by atoms with Gasteiger partial charge in [0, 0.05) is 24.5 Å². The van der Waals surface area contributed by atoms with Crippen LogP contribution in [0.25, 0.3) is 12.2 Å². The molecule has 29 heavy (non-hydrogen) atoms. The maximum Gasteiger partial charge on any atom is 0.410 e. The van der Waals surface area contributed by atoms with Gasteiger partial charge in [0.05, 0.1) is 12.2 Å². The minimum absolute atomic E-state index is 0.0173. The molecule has 2 aromatic heterocycles. The van der Waals surface area contributed by atoms with E-state index in [0.717, 1.165) is 24.0 Å². The molecule has 1 aliphatic rings. The molecule has 0 unspecified atom stereocenters. The van der Waals surface area contributed by atoms with Crippen molar-refractivity contribution in [3.63, 3.8) is 0 Å². The molecule has 0 bridgehead atoms. The fourth-order valence-electron chi connectivity index (χ4n) is 3.06. The Labute approximate surface area is 176 Å². The van der Waals surface area contributed by atoms with Crippen LogP contribution in [0.15, 0.2) is 36.8 Å². The molecule has 1 saturated heterocycles. The molecule has 1 fully saturated rings. The number of carbonyl (C=O) groups is 1. The lowest BCUT2D eigenvalue weighted by atomic mass is 10.2. The largest absolute Gasteiger partial charge is 0.490 e. The summed E-state index contributed by atoms with van der Waals surface area (Å²) >= 11 is 6.22. The molecule has 1 atom stereocenters. The summed E-state index contributed by atoms with van der Waals surface area (Å²) in [5, 5.41) is 0.402. The zero-order chi connectivity index (χ0) is 20.9. The van der Waals surface area contributed by atoms with Crippen molar-refractivity contribution in [1.29, 1.82) is 0 Å². The van der Waals surface area contributed by atoms with Crippen LogP contribution in [-0.4, -0.2) is 45.8 Å². The standard InChI is InChI=1S/C22H26ClN3O3/c1-22(2,3)29-21(27)26-12-4-5-18(26)15-28-19-13-17(20(23)25-14-19)7-6-16-8-10-24-11-9-16/h6-11,13-14,18H,4-5,12,15H2,1-3H3/b7-6+/t18-/m1/s1. The first-order valence-electron chi connectivity index (χ1n) is 9.68. The van der Waals surface area contributed by atoms with Gasteiger partial charge in [0.25, 0.3) is 0 Å². The maximum absolute atomic E-state index is 12.4. The van der Waals surface area contributed by atoms with E-state index in [-0.39, 0.29) is 12.1 Å². The Kier molecular flexibility index (Phi) is 6.75. The Bertz CT molecular complexity index is 865. The van der Waals surface area contributed by atoms with Crippen molar-refractivity contribution in [2.75, 3.05) is 13.2 Å². The summed E-state index contributed by atoms with van der Waals surface area (Å²) < 4.78 is 11.4. The molecule has 2 aromatic rings.